The van der Waals surface area contributed by atoms with Crippen molar-refractivity contribution in [1.29, 1.82) is 0 Å². The van der Waals surface area contributed by atoms with Gasteiger partial charge in [-0.3, -0.25) is 14.5 Å². The zero-order chi connectivity index (χ0) is 18.0. The van der Waals surface area contributed by atoms with E-state index in [1.54, 1.807) is 36.4 Å². The number of rotatable bonds is 5. The topological polar surface area (TPSA) is 57.6 Å². The molecule has 1 amide bonds. The van der Waals surface area contributed by atoms with Crippen molar-refractivity contribution in [2.24, 2.45) is 0 Å². The fourth-order valence-electron chi connectivity index (χ4n) is 3.19. The van der Waals surface area contributed by atoms with Crippen LogP contribution in [0.3, 0.4) is 0 Å². The molecule has 25 heavy (non-hydrogen) atoms. The van der Waals surface area contributed by atoms with E-state index in [-0.39, 0.29) is 18.7 Å². The monoisotopic (exact) mass is 333 g/mol. The second-order valence-corrected chi connectivity index (χ2v) is 6.12. The quantitative estimate of drug-likeness (QED) is 0.676. The molecule has 4 nitrogen and oxygen atoms in total. The number of Topliss-reactive ketones (excluding diaryl/α,β-unsaturated/α-hetero) is 1. The van der Waals surface area contributed by atoms with Crippen LogP contribution < -0.4 is 4.90 Å². The van der Waals surface area contributed by atoms with Gasteiger partial charge in [0, 0.05) is 11.1 Å². The summed E-state index contributed by atoms with van der Waals surface area (Å²) in [4.78, 5) is 26.8. The molecule has 3 rings (SSSR count). The van der Waals surface area contributed by atoms with Crippen LogP contribution in [0.15, 0.2) is 48.5 Å². The number of amides is 1. The normalized spacial score (nSPS) is 18.8. The molecule has 0 unspecified atom stereocenters. The summed E-state index contributed by atoms with van der Waals surface area (Å²) in [5.74, 6) is 1.59. The van der Waals surface area contributed by atoms with E-state index in [4.69, 9.17) is 6.42 Å². The fraction of sp³-hybridized carbons (Fsp3) is 0.238. The zero-order valence-electron chi connectivity index (χ0n) is 14.0. The van der Waals surface area contributed by atoms with Crippen LogP contribution >= 0.6 is 0 Å². The number of hydrogen-bond donors (Lipinski definition) is 1. The largest absolute Gasteiger partial charge is 0.375 e. The van der Waals surface area contributed by atoms with Gasteiger partial charge in [-0.1, -0.05) is 55.3 Å². The molecular weight excluding hydrogens is 314 g/mol. The Hall–Kier alpha value is -2.90. The summed E-state index contributed by atoms with van der Waals surface area (Å²) in [6.45, 7) is 2.09. The smallest absolute Gasteiger partial charge is 0.265 e. The predicted octanol–water partition coefficient (Wildman–Crippen LogP) is 2.69. The Balaban J connectivity index is 1.94. The number of para-hydroxylation sites is 1. The minimum Gasteiger partial charge on any atom is -0.375 e. The lowest BCUT2D eigenvalue weighted by atomic mass is 9.88. The number of benzene rings is 2. The Kier molecular flexibility index (Phi) is 4.43. The van der Waals surface area contributed by atoms with E-state index in [9.17, 15) is 14.7 Å². The molecule has 4 heteroatoms. The first-order chi connectivity index (χ1) is 12.0. The third-order valence-electron chi connectivity index (χ3n) is 4.59. The Morgan fingerprint density at radius 3 is 2.52 bits per heavy atom. The van der Waals surface area contributed by atoms with E-state index in [0.717, 1.165) is 12.0 Å². The first kappa shape index (κ1) is 16.9. The molecule has 0 radical (unpaired) electrons. The molecule has 1 aliphatic heterocycles. The van der Waals surface area contributed by atoms with Crippen molar-refractivity contribution in [3.05, 3.63) is 65.2 Å². The number of terminal acetylenes is 1. The lowest BCUT2D eigenvalue weighted by Gasteiger charge is -2.21. The summed E-state index contributed by atoms with van der Waals surface area (Å²) < 4.78 is 0. The second-order valence-electron chi connectivity index (χ2n) is 6.12. The van der Waals surface area contributed by atoms with Gasteiger partial charge in [0.2, 0.25) is 0 Å². The summed E-state index contributed by atoms with van der Waals surface area (Å²) in [7, 11) is 0. The molecular formula is C21H19NO3. The number of nitrogens with zero attached hydrogens (tertiary/aromatic N) is 1. The van der Waals surface area contributed by atoms with Crippen molar-refractivity contribution in [2.45, 2.75) is 25.4 Å². The van der Waals surface area contributed by atoms with Crippen LogP contribution in [-0.2, 0) is 16.8 Å². The Morgan fingerprint density at radius 2 is 1.88 bits per heavy atom. The van der Waals surface area contributed by atoms with Gasteiger partial charge in [-0.2, -0.15) is 0 Å². The molecule has 1 atom stereocenters. The summed E-state index contributed by atoms with van der Waals surface area (Å²) in [6, 6.07) is 14.1. The van der Waals surface area contributed by atoms with Crippen LogP contribution in [0.5, 0.6) is 0 Å². The molecule has 1 N–H and O–H groups in total. The van der Waals surface area contributed by atoms with Crippen LogP contribution in [0, 0.1) is 12.3 Å². The van der Waals surface area contributed by atoms with Gasteiger partial charge in [-0.05, 0) is 18.1 Å². The highest BCUT2D eigenvalue weighted by Crippen LogP contribution is 2.42. The number of aryl methyl sites for hydroxylation is 1. The van der Waals surface area contributed by atoms with Crippen molar-refractivity contribution in [2.75, 3.05) is 11.4 Å². The average molecular weight is 333 g/mol. The van der Waals surface area contributed by atoms with E-state index in [1.165, 1.54) is 4.90 Å². The van der Waals surface area contributed by atoms with E-state index in [0.29, 0.717) is 16.8 Å². The zero-order valence-corrected chi connectivity index (χ0v) is 14.0. The van der Waals surface area contributed by atoms with Gasteiger partial charge in [0.1, 0.15) is 0 Å². The minimum absolute atomic E-state index is 0.0531. The van der Waals surface area contributed by atoms with Crippen LogP contribution in [0.25, 0.3) is 0 Å². The number of hydrogen-bond acceptors (Lipinski definition) is 3. The average Bonchev–Trinajstić information content (AvgIpc) is 2.84. The molecule has 0 bridgehead atoms. The Labute approximate surface area is 147 Å². The van der Waals surface area contributed by atoms with Crippen molar-refractivity contribution < 1.29 is 14.7 Å². The number of fused-ring (bicyclic) bond motifs is 1. The van der Waals surface area contributed by atoms with Crippen molar-refractivity contribution in [3.63, 3.8) is 0 Å². The van der Waals surface area contributed by atoms with E-state index >= 15 is 0 Å². The number of anilines is 1. The lowest BCUT2D eigenvalue weighted by molar-refractivity contribution is -0.135. The SMILES string of the molecule is C#CCN1C(=O)[C@@](O)(CC(=O)c2ccc(CC)cc2)c2ccccc21. The van der Waals surface area contributed by atoms with Crippen molar-refractivity contribution >= 4 is 17.4 Å². The van der Waals surface area contributed by atoms with Crippen molar-refractivity contribution in [3.8, 4) is 12.3 Å². The second kappa shape index (κ2) is 6.54. The van der Waals surface area contributed by atoms with Gasteiger partial charge < -0.3 is 5.11 Å². The number of aliphatic hydroxyl groups is 1. The highest BCUT2D eigenvalue weighted by Gasteiger charge is 2.50. The van der Waals surface area contributed by atoms with Gasteiger partial charge in [0.15, 0.2) is 11.4 Å². The standard InChI is InChI=1S/C21H19NO3/c1-3-13-22-18-8-6-5-7-17(18)21(25,20(22)24)14-19(23)16-11-9-15(4-2)10-12-16/h1,5-12,25H,4,13-14H2,2H3/t21-/m1/s1. The summed E-state index contributed by atoms with van der Waals surface area (Å²) >= 11 is 0. The van der Waals surface area contributed by atoms with E-state index < -0.39 is 11.5 Å². The summed E-state index contributed by atoms with van der Waals surface area (Å²) in [5.41, 5.74) is 0.702. The van der Waals surface area contributed by atoms with Crippen molar-refractivity contribution in [1.82, 2.24) is 0 Å². The summed E-state index contributed by atoms with van der Waals surface area (Å²) in [6.07, 6.45) is 5.91. The Morgan fingerprint density at radius 1 is 1.20 bits per heavy atom. The molecule has 1 aliphatic rings. The molecule has 126 valence electrons. The van der Waals surface area contributed by atoms with Crippen LogP contribution in [0.1, 0.15) is 34.8 Å². The molecule has 1 heterocycles. The molecule has 0 fully saturated rings. The molecule has 0 saturated heterocycles. The van der Waals surface area contributed by atoms with Gasteiger partial charge in [-0.25, -0.2) is 0 Å². The fourth-order valence-corrected chi connectivity index (χ4v) is 3.19. The third kappa shape index (κ3) is 2.84. The van der Waals surface area contributed by atoms with Gasteiger partial charge in [0.05, 0.1) is 18.7 Å². The van der Waals surface area contributed by atoms with Gasteiger partial charge in [0.25, 0.3) is 5.91 Å². The Bertz CT molecular complexity index is 863. The van der Waals surface area contributed by atoms with E-state index in [2.05, 4.69) is 5.92 Å². The predicted molar refractivity (Wildman–Crippen MR) is 96.3 cm³/mol. The lowest BCUT2D eigenvalue weighted by Crippen LogP contribution is -2.42. The highest BCUT2D eigenvalue weighted by atomic mass is 16.3. The van der Waals surface area contributed by atoms with Gasteiger partial charge >= 0.3 is 0 Å². The maximum absolute atomic E-state index is 12.8. The van der Waals surface area contributed by atoms with Crippen LogP contribution in [-0.4, -0.2) is 23.3 Å². The first-order valence-electron chi connectivity index (χ1n) is 8.20. The number of carbonyl (C=O) groups is 2. The molecule has 0 aromatic heterocycles. The summed E-state index contributed by atoms with van der Waals surface area (Å²) in [5, 5.41) is 11.1. The van der Waals surface area contributed by atoms with Crippen LogP contribution in [0.4, 0.5) is 5.69 Å². The van der Waals surface area contributed by atoms with E-state index in [1.807, 2.05) is 19.1 Å². The highest BCUT2D eigenvalue weighted by molar-refractivity contribution is 6.11. The van der Waals surface area contributed by atoms with Gasteiger partial charge in [-0.15, -0.1) is 6.42 Å². The molecule has 2 aromatic carbocycles. The van der Waals surface area contributed by atoms with Crippen LogP contribution in [0.2, 0.25) is 0 Å². The number of ketones is 1. The number of carbonyl (C=O) groups excluding carboxylic acids is 2. The molecule has 0 spiro atoms. The maximum atomic E-state index is 12.8. The maximum Gasteiger partial charge on any atom is 0.265 e. The minimum atomic E-state index is -1.88. The molecule has 2 aromatic rings. The first-order valence-corrected chi connectivity index (χ1v) is 8.20. The molecule has 0 aliphatic carbocycles. The molecule has 0 saturated carbocycles. The third-order valence-corrected chi connectivity index (χ3v) is 4.59.